The molecule has 0 bridgehead atoms. The fraction of sp³-hybridized carbons (Fsp3) is 0.444. The number of anilines is 1. The fourth-order valence-corrected chi connectivity index (χ4v) is 5.78. The number of benzene rings is 2. The molecule has 3 heterocycles. The van der Waals surface area contributed by atoms with Gasteiger partial charge in [-0.05, 0) is 43.7 Å². The number of hydrogen-bond acceptors (Lipinski definition) is 5. The average Bonchev–Trinajstić information content (AvgIpc) is 3.51. The highest BCUT2D eigenvalue weighted by Crippen LogP contribution is 2.43. The van der Waals surface area contributed by atoms with Crippen molar-refractivity contribution in [3.8, 4) is 17.2 Å². The molecule has 1 aliphatic carbocycles. The molecule has 6 nitrogen and oxygen atoms in total. The molecule has 2 fully saturated rings. The third-order valence-corrected chi connectivity index (χ3v) is 7.71. The molecule has 3 aromatic rings. The fourth-order valence-electron chi connectivity index (χ4n) is 5.78. The maximum Gasteiger partial charge on any atom is 0.102 e. The van der Waals surface area contributed by atoms with Gasteiger partial charge in [0.25, 0.3) is 0 Å². The van der Waals surface area contributed by atoms with Crippen LogP contribution in [0.5, 0.6) is 0 Å². The Morgan fingerprint density at radius 3 is 2.64 bits per heavy atom. The molecular weight excluding hydrogens is 408 g/mol. The van der Waals surface area contributed by atoms with Crippen molar-refractivity contribution in [2.24, 2.45) is 4.99 Å². The number of rotatable bonds is 3. The summed E-state index contributed by atoms with van der Waals surface area (Å²) in [6.07, 6.45) is 11.2. The minimum Gasteiger partial charge on any atom is -0.368 e. The number of aromatic nitrogens is 2. The van der Waals surface area contributed by atoms with Crippen molar-refractivity contribution < 1.29 is 0 Å². The SMILES string of the molecule is CN1CCN(c2cc(-c3ccc4c(c3)ncn4C3CCCCC3)c3c(c2C#N)CC=N3)CC1. The third-order valence-electron chi connectivity index (χ3n) is 7.71. The predicted octanol–water partition coefficient (Wildman–Crippen LogP) is 5.09. The summed E-state index contributed by atoms with van der Waals surface area (Å²) in [7, 11) is 2.16. The van der Waals surface area contributed by atoms with E-state index in [1.165, 1.54) is 37.6 Å². The molecule has 0 spiro atoms. The molecule has 33 heavy (non-hydrogen) atoms. The Morgan fingerprint density at radius 2 is 1.85 bits per heavy atom. The van der Waals surface area contributed by atoms with Crippen molar-refractivity contribution in [1.29, 1.82) is 5.26 Å². The lowest BCUT2D eigenvalue weighted by atomic mass is 9.93. The number of nitrogens with zero attached hydrogens (tertiary/aromatic N) is 6. The second-order valence-corrected chi connectivity index (χ2v) is 9.71. The standard InChI is InChI=1S/C27H30N6/c1-31-11-13-32(14-12-31)26-16-22(27-21(9-10-29-27)23(26)17-28)19-7-8-25-24(15-19)30-18-33(25)20-5-3-2-4-6-20/h7-8,10,15-16,18,20H,2-6,9,11-14H2,1H3. The molecule has 6 rings (SSSR count). The van der Waals surface area contributed by atoms with Gasteiger partial charge in [-0.1, -0.05) is 25.3 Å². The quantitative estimate of drug-likeness (QED) is 0.571. The lowest BCUT2D eigenvalue weighted by Gasteiger charge is -2.35. The normalized spacial score (nSPS) is 19.2. The topological polar surface area (TPSA) is 60.5 Å². The van der Waals surface area contributed by atoms with Crippen LogP contribution in [0.3, 0.4) is 0 Å². The van der Waals surface area contributed by atoms with Gasteiger partial charge < -0.3 is 14.4 Å². The first-order valence-electron chi connectivity index (χ1n) is 12.3. The molecule has 1 saturated heterocycles. The Bertz CT molecular complexity index is 1270. The van der Waals surface area contributed by atoms with Gasteiger partial charge in [-0.25, -0.2) is 4.98 Å². The minimum absolute atomic E-state index is 0.571. The van der Waals surface area contributed by atoms with Crippen LogP contribution in [0, 0.1) is 11.3 Å². The molecule has 1 saturated carbocycles. The smallest absolute Gasteiger partial charge is 0.102 e. The zero-order chi connectivity index (χ0) is 22.4. The maximum atomic E-state index is 10.0. The van der Waals surface area contributed by atoms with Gasteiger partial charge in [0.1, 0.15) is 6.07 Å². The van der Waals surface area contributed by atoms with Gasteiger partial charge in [-0.2, -0.15) is 5.26 Å². The summed E-state index contributed by atoms with van der Waals surface area (Å²) >= 11 is 0. The molecular formula is C27H30N6. The number of likely N-dealkylation sites (N-methyl/N-ethyl adjacent to an activating group) is 1. The number of hydrogen-bond donors (Lipinski definition) is 0. The molecule has 0 radical (unpaired) electrons. The Balaban J connectivity index is 1.44. The van der Waals surface area contributed by atoms with Crippen LogP contribution >= 0.6 is 0 Å². The zero-order valence-electron chi connectivity index (χ0n) is 19.3. The number of fused-ring (bicyclic) bond motifs is 2. The number of aliphatic imine (C=N–C) groups is 1. The van der Waals surface area contributed by atoms with Gasteiger partial charge in [-0.15, -0.1) is 0 Å². The van der Waals surface area contributed by atoms with Crippen LogP contribution in [0.2, 0.25) is 0 Å². The molecule has 3 aliphatic rings. The van der Waals surface area contributed by atoms with Gasteiger partial charge in [0.2, 0.25) is 0 Å². The summed E-state index contributed by atoms with van der Waals surface area (Å²) in [5.41, 5.74) is 8.37. The van der Waals surface area contributed by atoms with E-state index in [2.05, 4.69) is 51.7 Å². The van der Waals surface area contributed by atoms with Gasteiger partial charge in [0.05, 0.1) is 34.3 Å². The van der Waals surface area contributed by atoms with E-state index in [1.807, 2.05) is 12.5 Å². The lowest BCUT2D eigenvalue weighted by Crippen LogP contribution is -2.44. The summed E-state index contributed by atoms with van der Waals surface area (Å²) in [5, 5.41) is 10.0. The maximum absolute atomic E-state index is 10.0. The van der Waals surface area contributed by atoms with Gasteiger partial charge in [0, 0.05) is 56.0 Å². The van der Waals surface area contributed by atoms with Crippen molar-refractivity contribution in [2.75, 3.05) is 38.1 Å². The van der Waals surface area contributed by atoms with E-state index >= 15 is 0 Å². The average molecular weight is 439 g/mol. The van der Waals surface area contributed by atoms with Gasteiger partial charge >= 0.3 is 0 Å². The summed E-state index contributed by atoms with van der Waals surface area (Å²) in [4.78, 5) is 14.2. The summed E-state index contributed by atoms with van der Waals surface area (Å²) in [6, 6.07) is 11.9. The molecule has 6 heteroatoms. The molecule has 2 aromatic carbocycles. The second-order valence-electron chi connectivity index (χ2n) is 9.71. The Kier molecular flexibility index (Phi) is 5.15. The largest absolute Gasteiger partial charge is 0.368 e. The van der Waals surface area contributed by atoms with E-state index in [4.69, 9.17) is 9.98 Å². The highest BCUT2D eigenvalue weighted by molar-refractivity contribution is 5.94. The molecule has 168 valence electrons. The van der Waals surface area contributed by atoms with E-state index in [0.717, 1.165) is 71.7 Å². The van der Waals surface area contributed by atoms with Crippen molar-refractivity contribution in [3.05, 3.63) is 41.7 Å². The molecule has 2 aliphatic heterocycles. The van der Waals surface area contributed by atoms with Crippen LogP contribution in [0.25, 0.3) is 22.2 Å². The third kappa shape index (κ3) is 3.52. The van der Waals surface area contributed by atoms with Gasteiger partial charge in [-0.3, -0.25) is 4.99 Å². The van der Waals surface area contributed by atoms with Gasteiger partial charge in [0.15, 0.2) is 0 Å². The first-order chi connectivity index (χ1) is 16.2. The van der Waals surface area contributed by atoms with Crippen LogP contribution in [0.15, 0.2) is 35.6 Å². The number of nitriles is 1. The van der Waals surface area contributed by atoms with Crippen LogP contribution < -0.4 is 4.90 Å². The van der Waals surface area contributed by atoms with E-state index in [1.54, 1.807) is 0 Å². The Labute approximate surface area is 195 Å². The molecule has 0 atom stereocenters. The summed E-state index contributed by atoms with van der Waals surface area (Å²) in [6.45, 7) is 3.90. The van der Waals surface area contributed by atoms with Crippen molar-refractivity contribution in [1.82, 2.24) is 14.5 Å². The number of imidazole rings is 1. The number of piperazine rings is 1. The first-order valence-corrected chi connectivity index (χ1v) is 12.3. The molecule has 1 aromatic heterocycles. The van der Waals surface area contributed by atoms with E-state index in [-0.39, 0.29) is 0 Å². The van der Waals surface area contributed by atoms with Crippen LogP contribution in [-0.4, -0.2) is 53.9 Å². The Hall–Kier alpha value is -3.17. The molecule has 0 N–H and O–H groups in total. The van der Waals surface area contributed by atoms with Crippen molar-refractivity contribution in [3.63, 3.8) is 0 Å². The highest BCUT2D eigenvalue weighted by Gasteiger charge is 2.26. The molecule has 0 amide bonds. The second kappa shape index (κ2) is 8.31. The van der Waals surface area contributed by atoms with Crippen LogP contribution in [0.1, 0.15) is 49.3 Å². The predicted molar refractivity (Wildman–Crippen MR) is 134 cm³/mol. The minimum atomic E-state index is 0.571. The van der Waals surface area contributed by atoms with Crippen LogP contribution in [0.4, 0.5) is 11.4 Å². The van der Waals surface area contributed by atoms with E-state index in [0.29, 0.717) is 6.04 Å². The highest BCUT2D eigenvalue weighted by atomic mass is 15.2. The lowest BCUT2D eigenvalue weighted by molar-refractivity contribution is 0.313. The summed E-state index contributed by atoms with van der Waals surface area (Å²) < 4.78 is 2.38. The monoisotopic (exact) mass is 438 g/mol. The zero-order valence-corrected chi connectivity index (χ0v) is 19.3. The van der Waals surface area contributed by atoms with E-state index < -0.39 is 0 Å². The molecule has 0 unspecified atom stereocenters. The van der Waals surface area contributed by atoms with E-state index in [9.17, 15) is 5.26 Å². The van der Waals surface area contributed by atoms with Crippen LogP contribution in [-0.2, 0) is 6.42 Å². The van der Waals surface area contributed by atoms with Crippen molar-refractivity contribution in [2.45, 2.75) is 44.6 Å². The Morgan fingerprint density at radius 1 is 1.03 bits per heavy atom. The van der Waals surface area contributed by atoms with Crippen molar-refractivity contribution >= 4 is 28.6 Å². The summed E-state index contributed by atoms with van der Waals surface area (Å²) in [5.74, 6) is 0. The first kappa shape index (κ1) is 20.4.